The minimum Gasteiger partial charge on any atom is -0.404 e. The van der Waals surface area contributed by atoms with Crippen molar-refractivity contribution in [3.8, 4) is 11.5 Å². The van der Waals surface area contributed by atoms with E-state index in [1.165, 1.54) is 24.3 Å². The van der Waals surface area contributed by atoms with Crippen LogP contribution in [-0.2, 0) is 53.7 Å². The number of benzene rings is 5. The van der Waals surface area contributed by atoms with Crippen LogP contribution >= 0.6 is 15.6 Å². The lowest BCUT2D eigenvalue weighted by Gasteiger charge is -2.20. The number of hydrogen-bond donors (Lipinski definition) is 0. The summed E-state index contributed by atoms with van der Waals surface area (Å²) in [5.41, 5.74) is 7.67. The van der Waals surface area contributed by atoms with Crippen molar-refractivity contribution in [2.75, 3.05) is 0 Å². The van der Waals surface area contributed by atoms with E-state index in [9.17, 15) is 9.13 Å². The van der Waals surface area contributed by atoms with Gasteiger partial charge in [0.25, 0.3) is 0 Å². The van der Waals surface area contributed by atoms with Crippen LogP contribution in [0.5, 0.6) is 11.5 Å². The Kier molecular flexibility index (Phi) is 12.1. The third kappa shape index (κ3) is 11.0. The summed E-state index contributed by atoms with van der Waals surface area (Å²) in [5, 5.41) is 0. The van der Waals surface area contributed by atoms with E-state index >= 15 is 0 Å². The molecule has 0 radical (unpaired) electrons. The van der Waals surface area contributed by atoms with Crippen LogP contribution in [0.4, 0.5) is 0 Å². The molecule has 8 nitrogen and oxygen atoms in total. The molecule has 5 rings (SSSR count). The van der Waals surface area contributed by atoms with Gasteiger partial charge in [0.15, 0.2) is 0 Å². The Morgan fingerprint density at radius 1 is 0.354 bits per heavy atom. The van der Waals surface area contributed by atoms with Gasteiger partial charge >= 0.3 is 15.6 Å². The molecule has 0 saturated heterocycles. The smallest absolute Gasteiger partial charge is 0.404 e. The van der Waals surface area contributed by atoms with Gasteiger partial charge in [-0.2, -0.15) is 0 Å². The average molecular weight is 687 g/mol. The van der Waals surface area contributed by atoms with Crippen molar-refractivity contribution < 1.29 is 36.3 Å². The zero-order chi connectivity index (χ0) is 34.0. The molecule has 48 heavy (non-hydrogen) atoms. The normalized spacial score (nSPS) is 11.8. The van der Waals surface area contributed by atoms with Crippen molar-refractivity contribution in [2.45, 2.75) is 54.1 Å². The summed E-state index contributed by atoms with van der Waals surface area (Å²) < 4.78 is 62.5. The monoisotopic (exact) mass is 686 g/mol. The molecule has 0 aliphatic heterocycles. The molecule has 0 bridgehead atoms. The van der Waals surface area contributed by atoms with Gasteiger partial charge in [-0.25, -0.2) is 9.13 Å². The molecule has 10 heteroatoms. The van der Waals surface area contributed by atoms with E-state index in [0.717, 1.165) is 44.5 Å². The third-order valence-electron chi connectivity index (χ3n) is 7.30. The lowest BCUT2D eigenvalue weighted by atomic mass is 10.2. The topological polar surface area (TPSA) is 89.5 Å². The van der Waals surface area contributed by atoms with E-state index in [-0.39, 0.29) is 37.9 Å². The van der Waals surface area contributed by atoms with Crippen molar-refractivity contribution in [1.82, 2.24) is 0 Å². The van der Waals surface area contributed by atoms with Crippen LogP contribution in [0.15, 0.2) is 121 Å². The van der Waals surface area contributed by atoms with Gasteiger partial charge in [0.2, 0.25) is 0 Å². The molecule has 0 spiro atoms. The van der Waals surface area contributed by atoms with Crippen molar-refractivity contribution in [1.29, 1.82) is 0 Å². The van der Waals surface area contributed by atoms with Gasteiger partial charge in [0, 0.05) is 0 Å². The largest absolute Gasteiger partial charge is 0.530 e. The van der Waals surface area contributed by atoms with E-state index in [0.29, 0.717) is 0 Å². The Morgan fingerprint density at radius 3 is 0.771 bits per heavy atom. The molecule has 0 heterocycles. The second kappa shape index (κ2) is 16.4. The van der Waals surface area contributed by atoms with E-state index in [4.69, 9.17) is 27.1 Å². The van der Waals surface area contributed by atoms with E-state index < -0.39 is 15.6 Å². The van der Waals surface area contributed by atoms with E-state index in [1.807, 2.05) is 125 Å². The first-order valence-electron chi connectivity index (χ1n) is 15.5. The van der Waals surface area contributed by atoms with Crippen LogP contribution in [0.3, 0.4) is 0 Å². The summed E-state index contributed by atoms with van der Waals surface area (Å²) in [6.07, 6.45) is 0. The molecule has 0 aliphatic carbocycles. The maximum absolute atomic E-state index is 13.9. The number of phosphoric acid groups is 2. The Morgan fingerprint density at radius 2 is 0.562 bits per heavy atom. The minimum absolute atomic E-state index is 0.0203. The summed E-state index contributed by atoms with van der Waals surface area (Å²) >= 11 is 0. The third-order valence-corrected chi connectivity index (χ3v) is 9.95. The molecule has 250 valence electrons. The summed E-state index contributed by atoms with van der Waals surface area (Å²) in [6.45, 7) is 8.03. The number of rotatable bonds is 16. The molecule has 5 aromatic carbocycles. The van der Waals surface area contributed by atoms with Gasteiger partial charge in [0.05, 0.1) is 26.4 Å². The summed E-state index contributed by atoms with van der Waals surface area (Å²) in [6, 6.07) is 36.8. The lowest BCUT2D eigenvalue weighted by molar-refractivity contribution is 0.141. The maximum atomic E-state index is 13.9. The van der Waals surface area contributed by atoms with Gasteiger partial charge in [-0.1, -0.05) is 119 Å². The molecule has 0 amide bonds. The summed E-state index contributed by atoms with van der Waals surface area (Å²) in [4.78, 5) is 0. The first-order valence-corrected chi connectivity index (χ1v) is 18.5. The molecule has 0 saturated carbocycles. The second-order valence-electron chi connectivity index (χ2n) is 11.6. The van der Waals surface area contributed by atoms with Gasteiger partial charge in [0.1, 0.15) is 11.5 Å². The predicted octanol–water partition coefficient (Wildman–Crippen LogP) is 10.8. The predicted molar refractivity (Wildman–Crippen MR) is 187 cm³/mol. The van der Waals surface area contributed by atoms with Crippen molar-refractivity contribution in [3.05, 3.63) is 166 Å². The highest BCUT2D eigenvalue weighted by atomic mass is 31.2. The highest BCUT2D eigenvalue weighted by molar-refractivity contribution is 7.49. The van der Waals surface area contributed by atoms with Gasteiger partial charge in [-0.15, -0.1) is 0 Å². The molecule has 0 fully saturated rings. The first-order chi connectivity index (χ1) is 23.0. The molecule has 0 atom stereocenters. The van der Waals surface area contributed by atoms with Gasteiger partial charge in [-0.05, 0) is 74.2 Å². The highest BCUT2D eigenvalue weighted by Crippen LogP contribution is 2.53. The second-order valence-corrected chi connectivity index (χ2v) is 14.8. The lowest BCUT2D eigenvalue weighted by Crippen LogP contribution is -2.05. The van der Waals surface area contributed by atoms with Crippen LogP contribution in [0.2, 0.25) is 0 Å². The Labute approximate surface area is 282 Å². The van der Waals surface area contributed by atoms with Gasteiger partial charge < -0.3 is 9.05 Å². The SMILES string of the molecule is Cc1ccc(COP(=O)(OCc2ccc(C)cc2)Oc2ccc(OP(=O)(OCc3ccc(C)cc3)OCc3ccc(C)cc3)cc2)cc1. The molecular weight excluding hydrogens is 646 g/mol. The first kappa shape index (κ1) is 35.3. The van der Waals surface area contributed by atoms with Crippen LogP contribution in [0.25, 0.3) is 0 Å². The van der Waals surface area contributed by atoms with Crippen LogP contribution < -0.4 is 9.05 Å². The molecule has 0 N–H and O–H groups in total. The van der Waals surface area contributed by atoms with E-state index in [1.54, 1.807) is 0 Å². The molecule has 5 aromatic rings. The number of aryl methyl sites for hydroxylation is 4. The fourth-order valence-electron chi connectivity index (χ4n) is 4.35. The highest BCUT2D eigenvalue weighted by Gasteiger charge is 2.31. The van der Waals surface area contributed by atoms with E-state index in [2.05, 4.69) is 0 Å². The van der Waals surface area contributed by atoms with Crippen molar-refractivity contribution in [3.63, 3.8) is 0 Å². The zero-order valence-corrected chi connectivity index (χ0v) is 29.3. The Balaban J connectivity index is 1.29. The number of hydrogen-bond acceptors (Lipinski definition) is 8. The quantitative estimate of drug-likeness (QED) is 0.0948. The molecular formula is C38H40O8P2. The number of phosphoric ester groups is 2. The van der Waals surface area contributed by atoms with Crippen LogP contribution in [0, 0.1) is 27.7 Å². The molecule has 0 aromatic heterocycles. The fourth-order valence-corrected chi connectivity index (χ4v) is 6.70. The van der Waals surface area contributed by atoms with Crippen molar-refractivity contribution >= 4 is 15.6 Å². The molecule has 0 unspecified atom stereocenters. The van der Waals surface area contributed by atoms with Gasteiger partial charge in [-0.3, -0.25) is 18.1 Å². The fraction of sp³-hybridized carbons (Fsp3) is 0.211. The minimum atomic E-state index is -4.09. The summed E-state index contributed by atoms with van der Waals surface area (Å²) in [5.74, 6) is 0.406. The standard InChI is InChI=1S/C38H40O8P2/c1-29-5-13-33(14-6-29)25-41-47(39,42-26-34-15-7-30(2)8-16-34)45-37-21-23-38(24-22-37)46-48(40,43-27-35-17-9-31(3)10-18-35)44-28-36-19-11-32(4)12-20-36/h5-24H,25-28H2,1-4H3. The van der Waals surface area contributed by atoms with Crippen molar-refractivity contribution in [2.24, 2.45) is 0 Å². The van der Waals surface area contributed by atoms with Crippen LogP contribution in [0.1, 0.15) is 44.5 Å². The average Bonchev–Trinajstić information content (AvgIpc) is 3.08. The Hall–Kier alpha value is -4.00. The Bertz CT molecular complexity index is 1590. The molecule has 0 aliphatic rings. The van der Waals surface area contributed by atoms with Crippen LogP contribution in [-0.4, -0.2) is 0 Å². The zero-order valence-electron chi connectivity index (χ0n) is 27.5. The maximum Gasteiger partial charge on any atom is 0.530 e. The summed E-state index contributed by atoms with van der Waals surface area (Å²) in [7, 11) is -8.19.